The highest BCUT2D eigenvalue weighted by Gasteiger charge is 2.06. The lowest BCUT2D eigenvalue weighted by Crippen LogP contribution is -2.32. The molecule has 1 unspecified atom stereocenters. The Morgan fingerprint density at radius 1 is 1.41 bits per heavy atom. The van der Waals surface area contributed by atoms with Crippen LogP contribution in [0.5, 0.6) is 0 Å². The molecule has 0 saturated carbocycles. The van der Waals surface area contributed by atoms with Crippen molar-refractivity contribution < 1.29 is 4.79 Å². The number of nitrogens with one attached hydrogen (secondary N) is 1. The first-order chi connectivity index (χ1) is 8.08. The van der Waals surface area contributed by atoms with Crippen molar-refractivity contribution in [2.45, 2.75) is 26.3 Å². The SMILES string of the molecule is CC(=O)NC(C)CSC(=S)Cc1ccccc1. The van der Waals surface area contributed by atoms with E-state index in [1.807, 2.05) is 25.1 Å². The normalized spacial score (nSPS) is 11.9. The highest BCUT2D eigenvalue weighted by Crippen LogP contribution is 2.12. The van der Waals surface area contributed by atoms with Gasteiger partial charge < -0.3 is 5.32 Å². The number of amides is 1. The van der Waals surface area contributed by atoms with Crippen LogP contribution in [-0.2, 0) is 11.2 Å². The second kappa shape index (κ2) is 7.45. The average molecular weight is 267 g/mol. The Hall–Kier alpha value is -0.870. The Balaban J connectivity index is 2.28. The Morgan fingerprint density at radius 2 is 2.06 bits per heavy atom. The van der Waals surface area contributed by atoms with E-state index in [0.29, 0.717) is 0 Å². The monoisotopic (exact) mass is 267 g/mol. The third kappa shape index (κ3) is 6.44. The summed E-state index contributed by atoms with van der Waals surface area (Å²) in [6.45, 7) is 3.52. The van der Waals surface area contributed by atoms with Crippen LogP contribution in [0.2, 0.25) is 0 Å². The molecule has 0 aromatic heterocycles. The van der Waals surface area contributed by atoms with Crippen LogP contribution in [-0.4, -0.2) is 21.9 Å². The summed E-state index contributed by atoms with van der Waals surface area (Å²) in [4.78, 5) is 10.8. The lowest BCUT2D eigenvalue weighted by molar-refractivity contribution is -0.119. The quantitative estimate of drug-likeness (QED) is 0.832. The fourth-order valence-corrected chi connectivity index (χ4v) is 2.58. The summed E-state index contributed by atoms with van der Waals surface area (Å²) in [7, 11) is 0. The van der Waals surface area contributed by atoms with Gasteiger partial charge in [-0.25, -0.2) is 0 Å². The number of carbonyl (C=O) groups excluding carboxylic acids is 1. The van der Waals surface area contributed by atoms with E-state index >= 15 is 0 Å². The molecule has 0 aliphatic heterocycles. The van der Waals surface area contributed by atoms with E-state index in [1.165, 1.54) is 12.5 Å². The average Bonchev–Trinajstić information content (AvgIpc) is 2.27. The van der Waals surface area contributed by atoms with Gasteiger partial charge in [0.25, 0.3) is 0 Å². The van der Waals surface area contributed by atoms with Crippen LogP contribution in [0.25, 0.3) is 0 Å². The smallest absolute Gasteiger partial charge is 0.217 e. The van der Waals surface area contributed by atoms with Crippen molar-refractivity contribution in [2.75, 3.05) is 5.75 Å². The van der Waals surface area contributed by atoms with Gasteiger partial charge in [-0.3, -0.25) is 4.79 Å². The third-order valence-electron chi connectivity index (χ3n) is 2.14. The Kier molecular flexibility index (Phi) is 6.22. The molecule has 1 rings (SSSR count). The summed E-state index contributed by atoms with van der Waals surface area (Å²) in [5.74, 6) is 0.831. The number of carbonyl (C=O) groups is 1. The van der Waals surface area contributed by atoms with Crippen LogP contribution in [0.3, 0.4) is 0 Å². The number of thioether (sulfide) groups is 1. The van der Waals surface area contributed by atoms with E-state index in [9.17, 15) is 4.79 Å². The standard InChI is InChI=1S/C13H17NOS2/c1-10(14-11(2)15)9-17-13(16)8-12-6-4-3-5-7-12/h3-7,10H,8-9H2,1-2H3,(H,14,15). The maximum atomic E-state index is 10.8. The molecule has 4 heteroatoms. The van der Waals surface area contributed by atoms with Crippen molar-refractivity contribution in [3.8, 4) is 0 Å². The van der Waals surface area contributed by atoms with Gasteiger partial charge in [0, 0.05) is 25.1 Å². The first-order valence-electron chi connectivity index (χ1n) is 5.54. The largest absolute Gasteiger partial charge is 0.353 e. The first-order valence-corrected chi connectivity index (χ1v) is 6.94. The van der Waals surface area contributed by atoms with Crippen molar-refractivity contribution in [2.24, 2.45) is 0 Å². The third-order valence-corrected chi connectivity index (χ3v) is 3.77. The molecule has 0 bridgehead atoms. The maximum absolute atomic E-state index is 10.8. The molecule has 1 aromatic carbocycles. The van der Waals surface area contributed by atoms with Crippen LogP contribution < -0.4 is 5.32 Å². The molecule has 92 valence electrons. The van der Waals surface area contributed by atoms with Gasteiger partial charge in [0.05, 0.1) is 4.20 Å². The molecule has 0 saturated heterocycles. The molecule has 0 spiro atoms. The zero-order valence-electron chi connectivity index (χ0n) is 10.1. The molecular formula is C13H17NOS2. The zero-order valence-corrected chi connectivity index (χ0v) is 11.7. The summed E-state index contributed by atoms with van der Waals surface area (Å²) >= 11 is 6.96. The first kappa shape index (κ1) is 14.2. The molecule has 0 heterocycles. The minimum atomic E-state index is 0.00655. The van der Waals surface area contributed by atoms with E-state index in [-0.39, 0.29) is 11.9 Å². The van der Waals surface area contributed by atoms with Crippen LogP contribution in [0.1, 0.15) is 19.4 Å². The predicted molar refractivity (Wildman–Crippen MR) is 78.5 cm³/mol. The van der Waals surface area contributed by atoms with Crippen LogP contribution in [0.4, 0.5) is 0 Å². The molecule has 1 N–H and O–H groups in total. The van der Waals surface area contributed by atoms with Gasteiger partial charge in [-0.05, 0) is 12.5 Å². The highest BCUT2D eigenvalue weighted by molar-refractivity contribution is 8.23. The summed E-state index contributed by atoms with van der Waals surface area (Å²) < 4.78 is 0.966. The summed E-state index contributed by atoms with van der Waals surface area (Å²) in [6, 6.07) is 10.3. The lowest BCUT2D eigenvalue weighted by atomic mass is 10.2. The van der Waals surface area contributed by atoms with E-state index in [0.717, 1.165) is 16.4 Å². The molecule has 2 nitrogen and oxygen atoms in total. The van der Waals surface area contributed by atoms with Gasteiger partial charge in [0.1, 0.15) is 0 Å². The molecule has 0 radical (unpaired) electrons. The number of rotatable bonds is 5. The second-order valence-corrected chi connectivity index (χ2v) is 5.81. The Morgan fingerprint density at radius 3 is 2.65 bits per heavy atom. The summed E-state index contributed by atoms with van der Waals surface area (Å²) in [6.07, 6.45) is 0.813. The predicted octanol–water partition coefficient (Wildman–Crippen LogP) is 2.81. The molecule has 1 atom stereocenters. The topological polar surface area (TPSA) is 29.1 Å². The van der Waals surface area contributed by atoms with Crippen molar-refractivity contribution in [3.05, 3.63) is 35.9 Å². The van der Waals surface area contributed by atoms with Crippen molar-refractivity contribution >= 4 is 34.1 Å². The molecule has 1 aromatic rings. The fraction of sp³-hybridized carbons (Fsp3) is 0.385. The van der Waals surface area contributed by atoms with E-state index in [4.69, 9.17) is 12.2 Å². The number of thiocarbonyl (C=S) groups is 1. The van der Waals surface area contributed by atoms with Gasteiger partial charge >= 0.3 is 0 Å². The van der Waals surface area contributed by atoms with Gasteiger partial charge in [-0.2, -0.15) is 0 Å². The summed E-state index contributed by atoms with van der Waals surface area (Å²) in [5, 5.41) is 2.84. The molecule has 0 fully saturated rings. The molecule has 17 heavy (non-hydrogen) atoms. The van der Waals surface area contributed by atoms with Crippen LogP contribution in [0, 0.1) is 0 Å². The van der Waals surface area contributed by atoms with E-state index in [2.05, 4.69) is 17.4 Å². The molecule has 1 amide bonds. The Labute approximate surface area is 112 Å². The van der Waals surface area contributed by atoms with Crippen molar-refractivity contribution in [1.29, 1.82) is 0 Å². The summed E-state index contributed by atoms with van der Waals surface area (Å²) in [5.41, 5.74) is 1.23. The van der Waals surface area contributed by atoms with Crippen LogP contribution >= 0.6 is 24.0 Å². The fourth-order valence-electron chi connectivity index (χ4n) is 1.42. The zero-order chi connectivity index (χ0) is 12.7. The highest BCUT2D eigenvalue weighted by atomic mass is 32.2. The van der Waals surface area contributed by atoms with Crippen molar-refractivity contribution in [1.82, 2.24) is 5.32 Å². The molecule has 0 aliphatic carbocycles. The van der Waals surface area contributed by atoms with Crippen LogP contribution in [0.15, 0.2) is 30.3 Å². The molecule has 0 aliphatic rings. The second-order valence-electron chi connectivity index (χ2n) is 3.95. The minimum absolute atomic E-state index is 0.00655. The van der Waals surface area contributed by atoms with Gasteiger partial charge in [-0.15, -0.1) is 11.8 Å². The number of hydrogen-bond donors (Lipinski definition) is 1. The lowest BCUT2D eigenvalue weighted by Gasteiger charge is -2.12. The number of benzene rings is 1. The Bertz CT molecular complexity index is 378. The molecular weight excluding hydrogens is 250 g/mol. The van der Waals surface area contributed by atoms with E-state index in [1.54, 1.807) is 11.8 Å². The van der Waals surface area contributed by atoms with Crippen molar-refractivity contribution in [3.63, 3.8) is 0 Å². The maximum Gasteiger partial charge on any atom is 0.217 e. The minimum Gasteiger partial charge on any atom is -0.353 e. The number of hydrogen-bond acceptors (Lipinski definition) is 3. The van der Waals surface area contributed by atoms with Gasteiger partial charge in [0.2, 0.25) is 5.91 Å². The van der Waals surface area contributed by atoms with Gasteiger partial charge in [0.15, 0.2) is 0 Å². The van der Waals surface area contributed by atoms with Gasteiger partial charge in [-0.1, -0.05) is 42.5 Å². The van der Waals surface area contributed by atoms with E-state index < -0.39 is 0 Å².